The second-order valence-corrected chi connectivity index (χ2v) is 4.97. The van der Waals surface area contributed by atoms with E-state index in [4.69, 9.17) is 26.2 Å². The van der Waals surface area contributed by atoms with Crippen molar-refractivity contribution in [2.45, 2.75) is 13.0 Å². The van der Waals surface area contributed by atoms with Crippen LogP contribution in [0.15, 0.2) is 18.2 Å². The van der Waals surface area contributed by atoms with E-state index >= 15 is 0 Å². The summed E-state index contributed by atoms with van der Waals surface area (Å²) in [6, 6.07) is 2.15. The van der Waals surface area contributed by atoms with Gasteiger partial charge in [0.2, 0.25) is 5.91 Å². The van der Waals surface area contributed by atoms with Crippen molar-refractivity contribution in [3.8, 4) is 11.5 Å². The molecule has 0 spiro atoms. The zero-order valence-corrected chi connectivity index (χ0v) is 14.4. The van der Waals surface area contributed by atoms with Crippen molar-refractivity contribution in [3.05, 3.63) is 28.8 Å². The van der Waals surface area contributed by atoms with E-state index in [-0.39, 0.29) is 0 Å². The van der Waals surface area contributed by atoms with Crippen LogP contribution in [-0.4, -0.2) is 50.5 Å². The number of aliphatic hydroxyl groups excluding tert-OH is 1. The number of benzene rings is 1. The van der Waals surface area contributed by atoms with Crippen LogP contribution < -0.4 is 14.8 Å². The largest absolute Gasteiger partial charge is 0.493 e. The van der Waals surface area contributed by atoms with E-state index in [0.717, 1.165) is 0 Å². The third kappa shape index (κ3) is 5.43. The quantitative estimate of drug-likeness (QED) is 0.539. The van der Waals surface area contributed by atoms with Gasteiger partial charge in [0, 0.05) is 6.08 Å². The number of aliphatic hydroxyl groups is 1. The molecule has 0 unspecified atom stereocenters. The Hall–Kier alpha value is -2.25. The monoisotopic (exact) mass is 357 g/mol. The van der Waals surface area contributed by atoms with E-state index < -0.39 is 24.5 Å². The fourth-order valence-electron chi connectivity index (χ4n) is 1.83. The highest BCUT2D eigenvalue weighted by molar-refractivity contribution is 6.32. The topological polar surface area (TPSA) is 94.1 Å². The molecule has 0 bridgehead atoms. The summed E-state index contributed by atoms with van der Waals surface area (Å²) >= 11 is 6.14. The van der Waals surface area contributed by atoms with Gasteiger partial charge in [-0.3, -0.25) is 4.79 Å². The van der Waals surface area contributed by atoms with Gasteiger partial charge in [-0.25, -0.2) is 4.79 Å². The van der Waals surface area contributed by atoms with Crippen molar-refractivity contribution in [3.63, 3.8) is 0 Å². The second-order valence-electron chi connectivity index (χ2n) is 4.57. The van der Waals surface area contributed by atoms with E-state index in [0.29, 0.717) is 28.7 Å². The third-order valence-corrected chi connectivity index (χ3v) is 3.23. The maximum absolute atomic E-state index is 11.8. The fourth-order valence-corrected chi connectivity index (χ4v) is 2.11. The zero-order chi connectivity index (χ0) is 18.1. The lowest BCUT2D eigenvalue weighted by atomic mass is 10.2. The summed E-state index contributed by atoms with van der Waals surface area (Å²) in [6.07, 6.45) is 2.70. The van der Waals surface area contributed by atoms with Crippen LogP contribution in [0.4, 0.5) is 0 Å². The highest BCUT2D eigenvalue weighted by atomic mass is 35.5. The van der Waals surface area contributed by atoms with Crippen LogP contribution >= 0.6 is 11.6 Å². The van der Waals surface area contributed by atoms with Crippen LogP contribution in [0.2, 0.25) is 5.02 Å². The van der Waals surface area contributed by atoms with Crippen molar-refractivity contribution in [1.29, 1.82) is 0 Å². The molecule has 0 aliphatic rings. The molecule has 0 aliphatic heterocycles. The Labute approximate surface area is 145 Å². The van der Waals surface area contributed by atoms with Gasteiger partial charge < -0.3 is 24.6 Å². The first kappa shape index (κ1) is 19.8. The predicted octanol–water partition coefficient (Wildman–Crippen LogP) is 1.41. The van der Waals surface area contributed by atoms with Gasteiger partial charge in [0.05, 0.1) is 32.5 Å². The molecule has 132 valence electrons. The predicted molar refractivity (Wildman–Crippen MR) is 89.2 cm³/mol. The number of halogens is 1. The highest BCUT2D eigenvalue weighted by Gasteiger charge is 2.19. The minimum absolute atomic E-state index is 0.346. The number of nitrogens with one attached hydrogen (secondary N) is 1. The summed E-state index contributed by atoms with van der Waals surface area (Å²) in [7, 11) is 2.65. The van der Waals surface area contributed by atoms with Crippen LogP contribution in [0.3, 0.4) is 0 Å². The molecule has 0 fully saturated rings. The Balaban J connectivity index is 2.88. The fraction of sp³-hybridized carbons (Fsp3) is 0.375. The molecule has 2 N–H and O–H groups in total. The van der Waals surface area contributed by atoms with Crippen LogP contribution in [0.1, 0.15) is 12.5 Å². The molecule has 0 aromatic heterocycles. The van der Waals surface area contributed by atoms with Crippen LogP contribution in [0.25, 0.3) is 6.08 Å². The molecule has 24 heavy (non-hydrogen) atoms. The molecular formula is C16H20ClNO6. The van der Waals surface area contributed by atoms with Crippen molar-refractivity contribution in [2.75, 3.05) is 27.4 Å². The van der Waals surface area contributed by atoms with E-state index in [1.54, 1.807) is 12.1 Å². The summed E-state index contributed by atoms with van der Waals surface area (Å²) in [6.45, 7) is 1.70. The average Bonchev–Trinajstić information content (AvgIpc) is 2.58. The van der Waals surface area contributed by atoms with E-state index in [2.05, 4.69) is 10.1 Å². The Morgan fingerprint density at radius 3 is 2.62 bits per heavy atom. The lowest BCUT2D eigenvalue weighted by Gasteiger charge is -2.13. The van der Waals surface area contributed by atoms with Gasteiger partial charge in [0.15, 0.2) is 17.5 Å². The molecule has 0 saturated carbocycles. The van der Waals surface area contributed by atoms with Crippen molar-refractivity contribution in [1.82, 2.24) is 5.32 Å². The molecule has 1 aromatic carbocycles. The van der Waals surface area contributed by atoms with Gasteiger partial charge in [-0.1, -0.05) is 11.6 Å². The van der Waals surface area contributed by atoms with Crippen molar-refractivity contribution >= 4 is 29.6 Å². The summed E-state index contributed by atoms with van der Waals surface area (Å²) in [5.41, 5.74) is 0.606. The van der Waals surface area contributed by atoms with E-state index in [9.17, 15) is 9.59 Å². The van der Waals surface area contributed by atoms with Gasteiger partial charge in [0.1, 0.15) is 0 Å². The minimum Gasteiger partial charge on any atom is -0.493 e. The molecule has 1 atom stereocenters. The van der Waals surface area contributed by atoms with Gasteiger partial charge >= 0.3 is 5.97 Å². The standard InChI is InChI=1S/C16H20ClNO6/c1-4-24-15-11(17)7-10(8-13(15)22-2)5-6-14(20)18-12(9-19)16(21)23-3/h5-8,12,19H,4,9H2,1-3H3,(H,18,20)/b6-5+/t12-/m0/s1. The molecule has 0 aliphatic carbocycles. The third-order valence-electron chi connectivity index (χ3n) is 2.95. The molecule has 1 aromatic rings. The summed E-state index contributed by atoms with van der Waals surface area (Å²) in [5.74, 6) is -0.435. The number of carbonyl (C=O) groups excluding carboxylic acids is 2. The summed E-state index contributed by atoms with van der Waals surface area (Å²) in [4.78, 5) is 23.1. The Kier molecular flexibility index (Phi) is 8.08. The number of carbonyl (C=O) groups is 2. The Morgan fingerprint density at radius 1 is 1.38 bits per heavy atom. The average molecular weight is 358 g/mol. The zero-order valence-electron chi connectivity index (χ0n) is 13.7. The van der Waals surface area contributed by atoms with Gasteiger partial charge in [-0.05, 0) is 30.7 Å². The molecule has 1 amide bonds. The number of hydrogen-bond donors (Lipinski definition) is 2. The lowest BCUT2D eigenvalue weighted by Crippen LogP contribution is -2.43. The molecule has 8 heteroatoms. The Bertz CT molecular complexity index is 617. The second kappa shape index (κ2) is 9.79. The maximum atomic E-state index is 11.8. The normalized spacial score (nSPS) is 11.9. The number of esters is 1. The van der Waals surface area contributed by atoms with Crippen LogP contribution in [0, 0.1) is 0 Å². The summed E-state index contributed by atoms with van der Waals surface area (Å²) in [5, 5.41) is 11.7. The first-order valence-electron chi connectivity index (χ1n) is 7.14. The number of ether oxygens (including phenoxy) is 3. The molecule has 0 heterocycles. The lowest BCUT2D eigenvalue weighted by molar-refractivity contribution is -0.145. The number of amides is 1. The van der Waals surface area contributed by atoms with Crippen molar-refractivity contribution in [2.24, 2.45) is 0 Å². The van der Waals surface area contributed by atoms with Crippen molar-refractivity contribution < 1.29 is 28.9 Å². The first-order valence-corrected chi connectivity index (χ1v) is 7.52. The highest BCUT2D eigenvalue weighted by Crippen LogP contribution is 2.36. The van der Waals surface area contributed by atoms with Crippen LogP contribution in [-0.2, 0) is 14.3 Å². The number of rotatable bonds is 8. The molecular weight excluding hydrogens is 338 g/mol. The van der Waals surface area contributed by atoms with Gasteiger partial charge in [0.25, 0.3) is 0 Å². The Morgan fingerprint density at radius 2 is 2.08 bits per heavy atom. The SMILES string of the molecule is CCOc1c(Cl)cc(/C=C/C(=O)N[C@@H](CO)C(=O)OC)cc1OC. The molecule has 7 nitrogen and oxygen atoms in total. The molecule has 0 saturated heterocycles. The van der Waals surface area contributed by atoms with Crippen LogP contribution in [0.5, 0.6) is 11.5 Å². The smallest absolute Gasteiger partial charge is 0.330 e. The first-order chi connectivity index (χ1) is 11.5. The number of hydrogen-bond acceptors (Lipinski definition) is 6. The maximum Gasteiger partial charge on any atom is 0.330 e. The molecule has 1 rings (SSSR count). The summed E-state index contributed by atoms with van der Waals surface area (Å²) < 4.78 is 15.1. The van der Waals surface area contributed by atoms with Gasteiger partial charge in [-0.2, -0.15) is 0 Å². The molecule has 0 radical (unpaired) electrons. The van der Waals surface area contributed by atoms with E-state index in [1.165, 1.54) is 26.4 Å². The van der Waals surface area contributed by atoms with Gasteiger partial charge in [-0.15, -0.1) is 0 Å². The van der Waals surface area contributed by atoms with E-state index in [1.807, 2.05) is 6.92 Å². The number of methoxy groups -OCH3 is 2. The minimum atomic E-state index is -1.12.